The highest BCUT2D eigenvalue weighted by molar-refractivity contribution is 14.1. The summed E-state index contributed by atoms with van der Waals surface area (Å²) in [5.74, 6) is 1.59. The van der Waals surface area contributed by atoms with Crippen molar-refractivity contribution in [1.29, 1.82) is 0 Å². The van der Waals surface area contributed by atoms with Gasteiger partial charge < -0.3 is 10.5 Å². The molecule has 2 rings (SSSR count). The molecule has 94 valence electrons. The monoisotopic (exact) mass is 373 g/mol. The van der Waals surface area contributed by atoms with Gasteiger partial charge in [-0.2, -0.15) is 0 Å². The van der Waals surface area contributed by atoms with E-state index in [0.29, 0.717) is 0 Å². The second-order valence-electron chi connectivity index (χ2n) is 4.16. The number of aryl methyl sites for hydroxylation is 2. The first kappa shape index (κ1) is 13.5. The Kier molecular flexibility index (Phi) is 4.02. The molecule has 0 aliphatic heterocycles. The molecule has 0 unspecified atom stereocenters. The molecule has 0 aliphatic rings. The van der Waals surface area contributed by atoms with E-state index in [2.05, 4.69) is 22.6 Å². The van der Waals surface area contributed by atoms with Gasteiger partial charge >= 0.3 is 0 Å². The van der Waals surface area contributed by atoms with Gasteiger partial charge in [0, 0.05) is 10.7 Å². The second-order valence-corrected chi connectivity index (χ2v) is 5.70. The molecule has 0 saturated heterocycles. The van der Waals surface area contributed by atoms with Crippen LogP contribution in [0.2, 0.25) is 5.02 Å². The lowest BCUT2D eigenvalue weighted by Crippen LogP contribution is -1.92. The average Bonchev–Trinajstić information content (AvgIpc) is 2.29. The standard InChI is InChI=1S/C14H13ClINO/c1-8-5-11(6-9(2)14(8)15)18-13-4-3-10(17)7-12(13)16/h3-7H,17H2,1-2H3. The molecule has 0 fully saturated rings. The minimum Gasteiger partial charge on any atom is -0.456 e. The molecule has 2 aromatic rings. The molecule has 0 aliphatic carbocycles. The zero-order valence-corrected chi connectivity index (χ0v) is 13.0. The number of hydrogen-bond acceptors (Lipinski definition) is 2. The lowest BCUT2D eigenvalue weighted by atomic mass is 10.1. The Labute approximate surface area is 125 Å². The fourth-order valence-corrected chi connectivity index (χ4v) is 2.45. The number of halogens is 2. The summed E-state index contributed by atoms with van der Waals surface area (Å²) in [6.45, 7) is 3.94. The highest BCUT2D eigenvalue weighted by Gasteiger charge is 2.07. The maximum absolute atomic E-state index is 6.13. The summed E-state index contributed by atoms with van der Waals surface area (Å²) in [7, 11) is 0. The molecule has 18 heavy (non-hydrogen) atoms. The number of nitrogen functional groups attached to an aromatic ring is 1. The number of benzene rings is 2. The Morgan fingerprint density at radius 3 is 2.28 bits per heavy atom. The van der Waals surface area contributed by atoms with E-state index in [9.17, 15) is 0 Å². The van der Waals surface area contributed by atoms with Gasteiger partial charge in [-0.1, -0.05) is 11.6 Å². The first-order valence-electron chi connectivity index (χ1n) is 5.47. The number of hydrogen-bond donors (Lipinski definition) is 1. The smallest absolute Gasteiger partial charge is 0.140 e. The Balaban J connectivity index is 2.34. The molecular weight excluding hydrogens is 361 g/mol. The molecule has 0 atom stereocenters. The maximum atomic E-state index is 6.13. The molecule has 0 heterocycles. The van der Waals surface area contributed by atoms with Crippen molar-refractivity contribution < 1.29 is 4.74 Å². The van der Waals surface area contributed by atoms with Crippen LogP contribution in [0.3, 0.4) is 0 Å². The Hall–Kier alpha value is -0.940. The van der Waals surface area contributed by atoms with Gasteiger partial charge in [0.25, 0.3) is 0 Å². The molecule has 4 heteroatoms. The molecule has 0 spiro atoms. The van der Waals surface area contributed by atoms with Crippen LogP contribution in [0.1, 0.15) is 11.1 Å². The minimum atomic E-state index is 0.732. The van der Waals surface area contributed by atoms with Crippen molar-refractivity contribution in [2.24, 2.45) is 0 Å². The van der Waals surface area contributed by atoms with Gasteiger partial charge in [-0.3, -0.25) is 0 Å². The summed E-state index contributed by atoms with van der Waals surface area (Å²) in [6.07, 6.45) is 0. The Morgan fingerprint density at radius 1 is 1.11 bits per heavy atom. The zero-order chi connectivity index (χ0) is 13.3. The molecule has 0 saturated carbocycles. The van der Waals surface area contributed by atoms with E-state index in [-0.39, 0.29) is 0 Å². The van der Waals surface area contributed by atoms with Crippen molar-refractivity contribution >= 4 is 39.9 Å². The summed E-state index contributed by atoms with van der Waals surface area (Å²) >= 11 is 8.34. The second kappa shape index (κ2) is 5.36. The van der Waals surface area contributed by atoms with Crippen LogP contribution in [0.25, 0.3) is 0 Å². The molecular formula is C14H13ClINO. The number of anilines is 1. The average molecular weight is 374 g/mol. The summed E-state index contributed by atoms with van der Waals surface area (Å²) in [5, 5.41) is 0.786. The van der Waals surface area contributed by atoms with Crippen molar-refractivity contribution in [2.45, 2.75) is 13.8 Å². The lowest BCUT2D eigenvalue weighted by molar-refractivity contribution is 0.478. The molecule has 0 aromatic heterocycles. The summed E-state index contributed by atoms with van der Waals surface area (Å²) in [4.78, 5) is 0. The van der Waals surface area contributed by atoms with Crippen LogP contribution in [-0.2, 0) is 0 Å². The van der Waals surface area contributed by atoms with Crippen LogP contribution in [0.5, 0.6) is 11.5 Å². The predicted molar refractivity (Wildman–Crippen MR) is 84.6 cm³/mol. The van der Waals surface area contributed by atoms with Crippen LogP contribution < -0.4 is 10.5 Å². The van der Waals surface area contributed by atoms with Crippen molar-refractivity contribution in [2.75, 3.05) is 5.73 Å². The highest BCUT2D eigenvalue weighted by Crippen LogP contribution is 2.32. The van der Waals surface area contributed by atoms with E-state index in [1.54, 1.807) is 0 Å². The van der Waals surface area contributed by atoms with Crippen LogP contribution >= 0.6 is 34.2 Å². The van der Waals surface area contributed by atoms with E-state index >= 15 is 0 Å². The van der Waals surface area contributed by atoms with Crippen LogP contribution in [0.4, 0.5) is 5.69 Å². The normalized spacial score (nSPS) is 10.4. The molecule has 0 amide bonds. The quantitative estimate of drug-likeness (QED) is 0.598. The highest BCUT2D eigenvalue weighted by atomic mass is 127. The van der Waals surface area contributed by atoms with Gasteiger partial charge in [0.05, 0.1) is 3.57 Å². The van der Waals surface area contributed by atoms with Gasteiger partial charge in [0.1, 0.15) is 11.5 Å². The molecule has 0 bridgehead atoms. The largest absolute Gasteiger partial charge is 0.456 e. The van der Waals surface area contributed by atoms with Crippen molar-refractivity contribution in [3.63, 3.8) is 0 Å². The fourth-order valence-electron chi connectivity index (χ4n) is 1.69. The van der Waals surface area contributed by atoms with Gasteiger partial charge in [-0.15, -0.1) is 0 Å². The van der Waals surface area contributed by atoms with Crippen LogP contribution in [-0.4, -0.2) is 0 Å². The van der Waals surface area contributed by atoms with Crippen molar-refractivity contribution in [3.05, 3.63) is 50.1 Å². The Morgan fingerprint density at radius 2 is 1.72 bits per heavy atom. The lowest BCUT2D eigenvalue weighted by Gasteiger charge is -2.11. The van der Waals surface area contributed by atoms with Gasteiger partial charge in [0.2, 0.25) is 0 Å². The minimum absolute atomic E-state index is 0.732. The summed E-state index contributed by atoms with van der Waals surface area (Å²) in [6, 6.07) is 9.44. The van der Waals surface area contributed by atoms with E-state index in [1.165, 1.54) is 0 Å². The molecule has 2 nitrogen and oxygen atoms in total. The summed E-state index contributed by atoms with van der Waals surface area (Å²) < 4.78 is 6.84. The summed E-state index contributed by atoms with van der Waals surface area (Å²) in [5.41, 5.74) is 8.47. The van der Waals surface area contributed by atoms with E-state index < -0.39 is 0 Å². The third kappa shape index (κ3) is 2.90. The third-order valence-electron chi connectivity index (χ3n) is 2.59. The third-order valence-corrected chi connectivity index (χ3v) is 4.03. The SMILES string of the molecule is Cc1cc(Oc2ccc(N)cc2I)cc(C)c1Cl. The zero-order valence-electron chi connectivity index (χ0n) is 10.1. The van der Waals surface area contributed by atoms with Gasteiger partial charge in [-0.25, -0.2) is 0 Å². The van der Waals surface area contributed by atoms with E-state index in [0.717, 1.165) is 36.9 Å². The Bertz CT molecular complexity index is 575. The molecule has 0 radical (unpaired) electrons. The fraction of sp³-hybridized carbons (Fsp3) is 0.143. The van der Waals surface area contributed by atoms with E-state index in [4.69, 9.17) is 22.1 Å². The number of ether oxygens (including phenoxy) is 1. The van der Waals surface area contributed by atoms with Crippen molar-refractivity contribution in [3.8, 4) is 11.5 Å². The van der Waals surface area contributed by atoms with Crippen LogP contribution in [0.15, 0.2) is 30.3 Å². The van der Waals surface area contributed by atoms with E-state index in [1.807, 2.05) is 44.2 Å². The maximum Gasteiger partial charge on any atom is 0.140 e. The van der Waals surface area contributed by atoms with Crippen LogP contribution in [0, 0.1) is 17.4 Å². The number of rotatable bonds is 2. The van der Waals surface area contributed by atoms with Gasteiger partial charge in [0.15, 0.2) is 0 Å². The first-order chi connectivity index (χ1) is 8.47. The first-order valence-corrected chi connectivity index (χ1v) is 6.92. The van der Waals surface area contributed by atoms with Gasteiger partial charge in [-0.05, 0) is 77.9 Å². The molecule has 2 N–H and O–H groups in total. The number of nitrogens with two attached hydrogens (primary N) is 1. The van der Waals surface area contributed by atoms with Crippen molar-refractivity contribution in [1.82, 2.24) is 0 Å². The molecule has 2 aromatic carbocycles. The predicted octanol–water partition coefficient (Wildman–Crippen LogP) is 4.94. The topological polar surface area (TPSA) is 35.2 Å².